The highest BCUT2D eigenvalue weighted by Gasteiger charge is 2.32. The van der Waals surface area contributed by atoms with Crippen LogP contribution < -0.4 is 0 Å². The summed E-state index contributed by atoms with van der Waals surface area (Å²) in [6.45, 7) is 8.40. The van der Waals surface area contributed by atoms with Crippen LogP contribution in [0.5, 0.6) is 0 Å². The average molecular weight is 396 g/mol. The normalized spacial score (nSPS) is 16.9. The zero-order chi connectivity index (χ0) is 20.9. The fourth-order valence-corrected chi connectivity index (χ4v) is 3.91. The summed E-state index contributed by atoms with van der Waals surface area (Å²) in [5.74, 6) is -0.0709. The van der Waals surface area contributed by atoms with Crippen molar-refractivity contribution in [1.82, 2.24) is 19.7 Å². The Morgan fingerprint density at radius 3 is 2.62 bits per heavy atom. The third-order valence-corrected chi connectivity index (χ3v) is 5.43. The number of carboxylic acids is 1. The molecule has 0 spiro atoms. The molecule has 1 aliphatic heterocycles. The van der Waals surface area contributed by atoms with E-state index in [0.717, 1.165) is 17.1 Å². The molecule has 0 radical (unpaired) electrons. The summed E-state index contributed by atoms with van der Waals surface area (Å²) in [7, 11) is 0. The molecule has 4 heterocycles. The molecule has 8 nitrogen and oxygen atoms in total. The first-order valence-corrected chi connectivity index (χ1v) is 9.74. The topological polar surface area (TPSA) is 101 Å². The molecule has 8 heteroatoms. The second-order valence-corrected chi connectivity index (χ2v) is 7.88. The minimum Gasteiger partial charge on any atom is -0.481 e. The van der Waals surface area contributed by atoms with Gasteiger partial charge in [-0.3, -0.25) is 9.59 Å². The molecule has 29 heavy (non-hydrogen) atoms. The molecule has 0 aliphatic carbocycles. The highest BCUT2D eigenvalue weighted by molar-refractivity contribution is 6.06. The van der Waals surface area contributed by atoms with E-state index in [1.165, 1.54) is 0 Å². The molecule has 0 aromatic carbocycles. The van der Waals surface area contributed by atoms with Gasteiger partial charge in [0.2, 0.25) is 0 Å². The molecule has 152 valence electrons. The number of aryl methyl sites for hydroxylation is 2. The number of fused-ring (bicyclic) bond motifs is 1. The number of likely N-dealkylation sites (tertiary alicyclic amines) is 1. The Morgan fingerprint density at radius 2 is 2.03 bits per heavy atom. The Kier molecular flexibility index (Phi) is 4.64. The molecular formula is C21H24N4O4. The summed E-state index contributed by atoms with van der Waals surface area (Å²) in [6, 6.07) is 3.75. The van der Waals surface area contributed by atoms with Gasteiger partial charge in [0.1, 0.15) is 11.5 Å². The number of carboxylic acid groups (broad SMARTS) is 1. The number of amides is 1. The van der Waals surface area contributed by atoms with Crippen LogP contribution in [-0.2, 0) is 4.79 Å². The number of aromatic nitrogens is 3. The van der Waals surface area contributed by atoms with Crippen molar-refractivity contribution in [2.75, 3.05) is 13.1 Å². The molecule has 1 unspecified atom stereocenters. The minimum absolute atomic E-state index is 0.0774. The van der Waals surface area contributed by atoms with E-state index >= 15 is 0 Å². The standard InChI is InChI=1S/C21H24N4O4/c1-11(2)25-19-17(9-22-25)16(20(26)24-6-5-14(10-24)21(27)28)8-18(23-19)15-7-12(3)29-13(15)4/h7-9,11,14H,5-6,10H2,1-4H3,(H,27,28). The molecular weight excluding hydrogens is 372 g/mol. The van der Waals surface area contributed by atoms with E-state index in [-0.39, 0.29) is 18.5 Å². The van der Waals surface area contributed by atoms with Gasteiger partial charge in [0.15, 0.2) is 5.65 Å². The smallest absolute Gasteiger partial charge is 0.308 e. The Hall–Kier alpha value is -3.16. The maximum Gasteiger partial charge on any atom is 0.308 e. The van der Waals surface area contributed by atoms with Gasteiger partial charge >= 0.3 is 5.97 Å². The largest absolute Gasteiger partial charge is 0.481 e. The predicted molar refractivity (Wildman–Crippen MR) is 107 cm³/mol. The van der Waals surface area contributed by atoms with Crippen LogP contribution >= 0.6 is 0 Å². The van der Waals surface area contributed by atoms with Crippen LogP contribution in [0.4, 0.5) is 0 Å². The van der Waals surface area contributed by atoms with Crippen molar-refractivity contribution in [1.29, 1.82) is 0 Å². The van der Waals surface area contributed by atoms with Crippen LogP contribution in [0.2, 0.25) is 0 Å². The van der Waals surface area contributed by atoms with Crippen molar-refractivity contribution in [3.63, 3.8) is 0 Å². The third kappa shape index (κ3) is 3.28. The van der Waals surface area contributed by atoms with E-state index in [1.807, 2.05) is 33.8 Å². The number of rotatable bonds is 4. The van der Waals surface area contributed by atoms with Crippen molar-refractivity contribution in [3.8, 4) is 11.3 Å². The summed E-state index contributed by atoms with van der Waals surface area (Å²) in [6.07, 6.45) is 2.13. The van der Waals surface area contributed by atoms with Crippen molar-refractivity contribution in [2.45, 2.75) is 40.2 Å². The predicted octanol–water partition coefficient (Wildman–Crippen LogP) is 3.44. The van der Waals surface area contributed by atoms with E-state index in [0.29, 0.717) is 35.3 Å². The average Bonchev–Trinajstić information content (AvgIpc) is 3.37. The number of aliphatic carboxylic acids is 1. The second kappa shape index (κ2) is 7.02. The quantitative estimate of drug-likeness (QED) is 0.725. The maximum atomic E-state index is 13.3. The lowest BCUT2D eigenvalue weighted by molar-refractivity contribution is -0.141. The van der Waals surface area contributed by atoms with Crippen LogP contribution in [0.15, 0.2) is 22.7 Å². The second-order valence-electron chi connectivity index (χ2n) is 7.88. The summed E-state index contributed by atoms with van der Waals surface area (Å²) >= 11 is 0. The summed E-state index contributed by atoms with van der Waals surface area (Å²) < 4.78 is 7.45. The van der Waals surface area contributed by atoms with E-state index in [1.54, 1.807) is 21.8 Å². The number of hydrogen-bond acceptors (Lipinski definition) is 5. The van der Waals surface area contributed by atoms with E-state index in [4.69, 9.17) is 9.40 Å². The fraction of sp³-hybridized carbons (Fsp3) is 0.429. The molecule has 4 rings (SSSR count). The Bertz CT molecular complexity index is 1110. The number of furan rings is 1. The minimum atomic E-state index is -0.863. The van der Waals surface area contributed by atoms with Crippen molar-refractivity contribution >= 4 is 22.9 Å². The first kappa shape index (κ1) is 19.2. The van der Waals surface area contributed by atoms with Gasteiger partial charge in [0.25, 0.3) is 5.91 Å². The Morgan fingerprint density at radius 1 is 1.28 bits per heavy atom. The molecule has 3 aromatic rings. The Balaban J connectivity index is 1.85. The van der Waals surface area contributed by atoms with Gasteiger partial charge in [-0.15, -0.1) is 0 Å². The van der Waals surface area contributed by atoms with Crippen molar-refractivity contribution < 1.29 is 19.1 Å². The van der Waals surface area contributed by atoms with E-state index < -0.39 is 11.9 Å². The lowest BCUT2D eigenvalue weighted by Crippen LogP contribution is -2.30. The van der Waals surface area contributed by atoms with E-state index in [2.05, 4.69) is 5.10 Å². The molecule has 0 bridgehead atoms. The van der Waals surface area contributed by atoms with Crippen LogP contribution in [-0.4, -0.2) is 49.7 Å². The maximum absolute atomic E-state index is 13.3. The zero-order valence-electron chi connectivity index (χ0n) is 17.0. The van der Waals surface area contributed by atoms with Crippen LogP contribution in [0, 0.1) is 19.8 Å². The van der Waals surface area contributed by atoms with Crippen LogP contribution in [0.1, 0.15) is 48.2 Å². The van der Waals surface area contributed by atoms with Crippen LogP contribution in [0.25, 0.3) is 22.3 Å². The van der Waals surface area contributed by atoms with Gasteiger partial charge in [-0.05, 0) is 46.2 Å². The molecule has 1 N–H and O–H groups in total. The monoisotopic (exact) mass is 396 g/mol. The first-order valence-electron chi connectivity index (χ1n) is 9.74. The van der Waals surface area contributed by atoms with Crippen molar-refractivity contribution in [3.05, 3.63) is 35.4 Å². The van der Waals surface area contributed by atoms with Gasteiger partial charge in [0.05, 0.1) is 28.8 Å². The van der Waals surface area contributed by atoms with Gasteiger partial charge in [-0.1, -0.05) is 0 Å². The zero-order valence-corrected chi connectivity index (χ0v) is 17.0. The SMILES string of the molecule is Cc1cc(-c2cc(C(=O)N3CCC(C(=O)O)C3)c3cnn(C(C)C)c3n2)c(C)o1. The molecule has 0 saturated carbocycles. The first-order chi connectivity index (χ1) is 13.8. The highest BCUT2D eigenvalue weighted by atomic mass is 16.4. The van der Waals surface area contributed by atoms with Gasteiger partial charge in [-0.2, -0.15) is 5.10 Å². The van der Waals surface area contributed by atoms with Gasteiger partial charge in [0, 0.05) is 24.7 Å². The molecule has 1 amide bonds. The number of pyridine rings is 1. The molecule has 1 saturated heterocycles. The lowest BCUT2D eigenvalue weighted by Gasteiger charge is -2.17. The number of carbonyl (C=O) groups is 2. The highest BCUT2D eigenvalue weighted by Crippen LogP contribution is 2.31. The summed E-state index contributed by atoms with van der Waals surface area (Å²) in [5.41, 5.74) is 2.60. The molecule has 1 atom stereocenters. The van der Waals surface area contributed by atoms with Gasteiger partial charge < -0.3 is 14.4 Å². The molecule has 3 aromatic heterocycles. The fourth-order valence-electron chi connectivity index (χ4n) is 3.91. The molecule has 1 aliphatic rings. The summed E-state index contributed by atoms with van der Waals surface area (Å²) in [4.78, 5) is 31.0. The van der Waals surface area contributed by atoms with Crippen LogP contribution in [0.3, 0.4) is 0 Å². The lowest BCUT2D eigenvalue weighted by atomic mass is 10.1. The third-order valence-electron chi connectivity index (χ3n) is 5.43. The molecule has 1 fully saturated rings. The van der Waals surface area contributed by atoms with E-state index in [9.17, 15) is 14.7 Å². The summed E-state index contributed by atoms with van der Waals surface area (Å²) in [5, 5.41) is 14.4. The number of hydrogen-bond donors (Lipinski definition) is 1. The van der Waals surface area contributed by atoms with Gasteiger partial charge in [-0.25, -0.2) is 9.67 Å². The number of carbonyl (C=O) groups excluding carboxylic acids is 1. The van der Waals surface area contributed by atoms with Crippen molar-refractivity contribution in [2.24, 2.45) is 5.92 Å². The Labute approximate surface area is 168 Å². The number of nitrogens with zero attached hydrogens (tertiary/aromatic N) is 4.